The zero-order chi connectivity index (χ0) is 21.2. The number of sulfonamides is 1. The molecule has 3 rings (SSSR count). The van der Waals surface area contributed by atoms with Crippen molar-refractivity contribution >= 4 is 31.9 Å². The van der Waals surface area contributed by atoms with Crippen LogP contribution in [0.5, 0.6) is 5.75 Å². The third-order valence-electron chi connectivity index (χ3n) is 4.84. The van der Waals surface area contributed by atoms with E-state index in [1.165, 1.54) is 10.4 Å². The number of nitrogens with zero attached hydrogens (tertiary/aromatic N) is 1. The first kappa shape index (κ1) is 21.7. The van der Waals surface area contributed by atoms with Crippen LogP contribution in [0.1, 0.15) is 42.2 Å². The van der Waals surface area contributed by atoms with Gasteiger partial charge >= 0.3 is 0 Å². The van der Waals surface area contributed by atoms with E-state index in [4.69, 9.17) is 4.74 Å². The van der Waals surface area contributed by atoms with Crippen molar-refractivity contribution in [2.75, 3.05) is 19.7 Å². The van der Waals surface area contributed by atoms with Gasteiger partial charge < -0.3 is 10.1 Å². The molecule has 1 atom stereocenters. The van der Waals surface area contributed by atoms with E-state index in [1.54, 1.807) is 19.9 Å². The van der Waals surface area contributed by atoms with Crippen LogP contribution < -0.4 is 10.1 Å². The molecule has 1 heterocycles. The van der Waals surface area contributed by atoms with Crippen LogP contribution >= 0.6 is 15.9 Å². The highest BCUT2D eigenvalue weighted by atomic mass is 79.9. The number of halogens is 2. The third kappa shape index (κ3) is 4.46. The molecule has 0 saturated carbocycles. The average Bonchev–Trinajstić information content (AvgIpc) is 2.69. The molecule has 0 aliphatic carbocycles. The van der Waals surface area contributed by atoms with Gasteiger partial charge in [-0.3, -0.25) is 4.79 Å². The maximum absolute atomic E-state index is 14.4. The van der Waals surface area contributed by atoms with Gasteiger partial charge in [-0.05, 0) is 36.4 Å². The summed E-state index contributed by atoms with van der Waals surface area (Å²) in [5.41, 5.74) is 0.479. The second kappa shape index (κ2) is 8.81. The summed E-state index contributed by atoms with van der Waals surface area (Å²) < 4.78 is 47.5. The number of hydrogen-bond donors (Lipinski definition) is 1. The molecule has 156 valence electrons. The number of amides is 1. The molecule has 29 heavy (non-hydrogen) atoms. The predicted octanol–water partition coefficient (Wildman–Crippen LogP) is 3.87. The van der Waals surface area contributed by atoms with Crippen molar-refractivity contribution in [1.82, 2.24) is 9.62 Å². The van der Waals surface area contributed by atoms with Gasteiger partial charge in [-0.2, -0.15) is 4.31 Å². The topological polar surface area (TPSA) is 75.7 Å². The van der Waals surface area contributed by atoms with Gasteiger partial charge in [0.25, 0.3) is 5.91 Å². The van der Waals surface area contributed by atoms with Crippen LogP contribution in [0.3, 0.4) is 0 Å². The number of benzene rings is 2. The quantitative estimate of drug-likeness (QED) is 0.674. The molecule has 6 nitrogen and oxygen atoms in total. The van der Waals surface area contributed by atoms with Crippen LogP contribution in [0.25, 0.3) is 0 Å². The van der Waals surface area contributed by atoms with Gasteiger partial charge in [0.15, 0.2) is 0 Å². The van der Waals surface area contributed by atoms with Gasteiger partial charge in [0.05, 0.1) is 23.1 Å². The Labute approximate surface area is 178 Å². The van der Waals surface area contributed by atoms with Gasteiger partial charge in [0.2, 0.25) is 10.0 Å². The first-order chi connectivity index (χ1) is 13.8. The summed E-state index contributed by atoms with van der Waals surface area (Å²) in [7, 11) is -3.80. The minimum atomic E-state index is -3.80. The van der Waals surface area contributed by atoms with Crippen LogP contribution in [-0.4, -0.2) is 38.3 Å². The largest absolute Gasteiger partial charge is 0.493 e. The molecule has 0 fully saturated rings. The lowest BCUT2D eigenvalue weighted by Gasteiger charge is -2.27. The predicted molar refractivity (Wildman–Crippen MR) is 111 cm³/mol. The van der Waals surface area contributed by atoms with Crippen molar-refractivity contribution in [3.8, 4) is 5.75 Å². The first-order valence-electron chi connectivity index (χ1n) is 9.30. The lowest BCUT2D eigenvalue weighted by Crippen LogP contribution is -2.33. The van der Waals surface area contributed by atoms with E-state index >= 15 is 0 Å². The minimum absolute atomic E-state index is 0.108. The SMILES string of the molecule is CCN(CC)S(=O)(=O)c1ccc(F)c(C(=O)NC2CCOc3ccc(Br)cc32)c1. The number of ether oxygens (including phenoxy) is 1. The van der Waals surface area contributed by atoms with E-state index in [-0.39, 0.29) is 29.6 Å². The zero-order valence-electron chi connectivity index (χ0n) is 16.1. The molecule has 0 saturated heterocycles. The first-order valence-corrected chi connectivity index (χ1v) is 11.5. The Morgan fingerprint density at radius 1 is 1.24 bits per heavy atom. The summed E-state index contributed by atoms with van der Waals surface area (Å²) in [6.45, 7) is 4.42. The van der Waals surface area contributed by atoms with E-state index in [0.717, 1.165) is 22.2 Å². The minimum Gasteiger partial charge on any atom is -0.493 e. The van der Waals surface area contributed by atoms with E-state index in [0.29, 0.717) is 18.8 Å². The number of nitrogens with one attached hydrogen (secondary N) is 1. The third-order valence-corrected chi connectivity index (χ3v) is 7.38. The lowest BCUT2D eigenvalue weighted by molar-refractivity contribution is 0.0920. The molecule has 1 amide bonds. The van der Waals surface area contributed by atoms with Gasteiger partial charge in [0.1, 0.15) is 11.6 Å². The Kier molecular flexibility index (Phi) is 6.60. The van der Waals surface area contributed by atoms with Crippen LogP contribution in [0, 0.1) is 5.82 Å². The number of fused-ring (bicyclic) bond motifs is 1. The lowest BCUT2D eigenvalue weighted by atomic mass is 10.00. The summed E-state index contributed by atoms with van der Waals surface area (Å²) in [6, 6.07) is 8.41. The maximum Gasteiger partial charge on any atom is 0.254 e. The van der Waals surface area contributed by atoms with Crippen molar-refractivity contribution in [3.05, 3.63) is 57.8 Å². The Balaban J connectivity index is 1.90. The highest BCUT2D eigenvalue weighted by molar-refractivity contribution is 9.10. The molecule has 0 aromatic heterocycles. The van der Waals surface area contributed by atoms with Crippen LogP contribution in [0.4, 0.5) is 4.39 Å². The number of carbonyl (C=O) groups is 1. The smallest absolute Gasteiger partial charge is 0.254 e. The molecule has 2 aromatic carbocycles. The second-order valence-corrected chi connectivity index (χ2v) is 9.43. The Morgan fingerprint density at radius 2 is 1.97 bits per heavy atom. The van der Waals surface area contributed by atoms with Crippen molar-refractivity contribution in [2.24, 2.45) is 0 Å². The van der Waals surface area contributed by atoms with E-state index in [1.807, 2.05) is 12.1 Å². The van der Waals surface area contributed by atoms with Crippen LogP contribution in [-0.2, 0) is 10.0 Å². The summed E-state index contributed by atoms with van der Waals surface area (Å²) in [4.78, 5) is 12.7. The molecule has 1 aliphatic rings. The Morgan fingerprint density at radius 3 is 2.66 bits per heavy atom. The fourth-order valence-electron chi connectivity index (χ4n) is 3.30. The standard InChI is InChI=1S/C20H22BrFN2O4S/c1-3-24(4-2)29(26,27)14-6-7-17(22)15(12-14)20(25)23-18-9-10-28-19-8-5-13(21)11-16(18)19/h5-8,11-12,18H,3-4,9-10H2,1-2H3,(H,23,25). The number of rotatable bonds is 6. The Bertz CT molecular complexity index is 1030. The van der Waals surface area contributed by atoms with Crippen molar-refractivity contribution in [1.29, 1.82) is 0 Å². The normalized spacial score (nSPS) is 16.2. The van der Waals surface area contributed by atoms with Crippen LogP contribution in [0.15, 0.2) is 45.8 Å². The van der Waals surface area contributed by atoms with E-state index < -0.39 is 21.7 Å². The highest BCUT2D eigenvalue weighted by Crippen LogP contribution is 2.34. The number of hydrogen-bond acceptors (Lipinski definition) is 4. The fourth-order valence-corrected chi connectivity index (χ4v) is 5.17. The summed E-state index contributed by atoms with van der Waals surface area (Å²) in [5.74, 6) is -0.789. The van der Waals surface area contributed by atoms with Gasteiger partial charge in [0, 0.05) is 29.5 Å². The van der Waals surface area contributed by atoms with Gasteiger partial charge in [-0.25, -0.2) is 12.8 Å². The van der Waals surface area contributed by atoms with E-state index in [9.17, 15) is 17.6 Å². The summed E-state index contributed by atoms with van der Waals surface area (Å²) in [5, 5.41) is 2.81. The molecule has 0 bridgehead atoms. The van der Waals surface area contributed by atoms with Crippen LogP contribution in [0.2, 0.25) is 0 Å². The highest BCUT2D eigenvalue weighted by Gasteiger charge is 2.27. The fraction of sp³-hybridized carbons (Fsp3) is 0.350. The Hall–Kier alpha value is -1.97. The monoisotopic (exact) mass is 484 g/mol. The molecule has 2 aromatic rings. The molecule has 1 unspecified atom stereocenters. The van der Waals surface area contributed by atoms with Crippen molar-refractivity contribution in [3.63, 3.8) is 0 Å². The molecular formula is C20H22BrFN2O4S. The van der Waals surface area contributed by atoms with Gasteiger partial charge in [-0.15, -0.1) is 0 Å². The number of carbonyl (C=O) groups excluding carboxylic acids is 1. The van der Waals surface area contributed by atoms with Crippen molar-refractivity contribution < 1.29 is 22.3 Å². The molecular weight excluding hydrogens is 463 g/mol. The van der Waals surface area contributed by atoms with E-state index in [2.05, 4.69) is 21.2 Å². The summed E-state index contributed by atoms with van der Waals surface area (Å²) >= 11 is 3.40. The molecule has 1 aliphatic heterocycles. The summed E-state index contributed by atoms with van der Waals surface area (Å²) in [6.07, 6.45) is 0.522. The average molecular weight is 485 g/mol. The molecule has 9 heteroatoms. The molecule has 0 radical (unpaired) electrons. The molecule has 1 N–H and O–H groups in total. The molecule has 0 spiro atoms. The maximum atomic E-state index is 14.4. The zero-order valence-corrected chi connectivity index (χ0v) is 18.5. The second-order valence-electron chi connectivity index (χ2n) is 6.58. The van der Waals surface area contributed by atoms with Crippen molar-refractivity contribution in [2.45, 2.75) is 31.2 Å². The van der Waals surface area contributed by atoms with Gasteiger partial charge in [-0.1, -0.05) is 29.8 Å².